The molecule has 0 bridgehead atoms. The third-order valence-corrected chi connectivity index (χ3v) is 3.74. The highest BCUT2D eigenvalue weighted by molar-refractivity contribution is 6.36. The Bertz CT molecular complexity index is 632. The van der Waals surface area contributed by atoms with Crippen molar-refractivity contribution in [3.63, 3.8) is 0 Å². The molecule has 1 aliphatic heterocycles. The van der Waals surface area contributed by atoms with Gasteiger partial charge in [0.05, 0.1) is 13.7 Å². The van der Waals surface area contributed by atoms with Gasteiger partial charge >= 0.3 is 5.97 Å². The molecule has 0 radical (unpaired) electrons. The summed E-state index contributed by atoms with van der Waals surface area (Å²) in [6, 6.07) is 6.95. The highest BCUT2D eigenvalue weighted by atomic mass is 35.5. The highest BCUT2D eigenvalue weighted by Gasteiger charge is 2.34. The Morgan fingerprint density at radius 3 is 2.62 bits per heavy atom. The Balaban J connectivity index is 2.40. The molecule has 1 saturated heterocycles. The van der Waals surface area contributed by atoms with E-state index in [0.717, 1.165) is 0 Å². The normalized spacial score (nSPS) is 19.8. The second kappa shape index (κ2) is 6.25. The van der Waals surface area contributed by atoms with Gasteiger partial charge < -0.3 is 14.4 Å². The van der Waals surface area contributed by atoms with Crippen LogP contribution in [0.25, 0.3) is 0 Å². The molecule has 5 nitrogen and oxygen atoms in total. The van der Waals surface area contributed by atoms with Gasteiger partial charge in [0.15, 0.2) is 5.57 Å². The lowest BCUT2D eigenvalue weighted by Gasteiger charge is -2.13. The minimum Gasteiger partial charge on any atom is -0.468 e. The van der Waals surface area contributed by atoms with Gasteiger partial charge in [0.25, 0.3) is 0 Å². The predicted octanol–water partition coefficient (Wildman–Crippen LogP) is 2.90. The van der Waals surface area contributed by atoms with Crippen LogP contribution in [0.4, 0.5) is 0 Å². The number of ether oxygens (including phenoxy) is 2. The number of halogens is 2. The topological polar surface area (TPSA) is 62.6 Å². The summed E-state index contributed by atoms with van der Waals surface area (Å²) in [7, 11) is 2.91. The standard InChI is InChI=1S/C14H12Cl2N2O3/c1-18-7-11(12-9(15)4-3-5-10(12)16)21-13(18)8(6-17)14(19)20-2/h3-5,11H,7H2,1-2H3/b13-8+. The van der Waals surface area contributed by atoms with Crippen molar-refractivity contribution >= 4 is 29.2 Å². The van der Waals surface area contributed by atoms with E-state index >= 15 is 0 Å². The van der Waals surface area contributed by atoms with Crippen molar-refractivity contribution in [3.05, 3.63) is 45.3 Å². The van der Waals surface area contributed by atoms with Crippen LogP contribution in [0.2, 0.25) is 10.0 Å². The first kappa shape index (κ1) is 15.5. The zero-order chi connectivity index (χ0) is 15.6. The summed E-state index contributed by atoms with van der Waals surface area (Å²) in [5, 5.41) is 10.0. The van der Waals surface area contributed by atoms with Crippen LogP contribution < -0.4 is 0 Å². The molecule has 0 amide bonds. The predicted molar refractivity (Wildman–Crippen MR) is 77.6 cm³/mol. The van der Waals surface area contributed by atoms with Crippen LogP contribution >= 0.6 is 23.2 Å². The first-order valence-electron chi connectivity index (χ1n) is 6.04. The van der Waals surface area contributed by atoms with Crippen molar-refractivity contribution in [1.82, 2.24) is 4.90 Å². The summed E-state index contributed by atoms with van der Waals surface area (Å²) < 4.78 is 10.3. The van der Waals surface area contributed by atoms with Gasteiger partial charge in [0.2, 0.25) is 5.88 Å². The molecule has 0 spiro atoms. The molecule has 1 heterocycles. The summed E-state index contributed by atoms with van der Waals surface area (Å²) >= 11 is 12.3. The average Bonchev–Trinajstić information content (AvgIpc) is 2.81. The number of likely N-dealkylation sites (N-methyl/N-ethyl adjacent to an activating group) is 1. The van der Waals surface area contributed by atoms with Gasteiger partial charge in [0, 0.05) is 22.7 Å². The second-order valence-corrected chi connectivity index (χ2v) is 5.22. The van der Waals surface area contributed by atoms with Crippen LogP contribution in [0, 0.1) is 11.3 Å². The lowest BCUT2D eigenvalue weighted by molar-refractivity contribution is -0.136. The number of benzene rings is 1. The summed E-state index contributed by atoms with van der Waals surface area (Å²) in [5.74, 6) is -0.587. The molecule has 2 rings (SSSR count). The Kier molecular flexibility index (Phi) is 4.61. The number of nitriles is 1. The van der Waals surface area contributed by atoms with Gasteiger partial charge in [-0.1, -0.05) is 29.3 Å². The Labute approximate surface area is 132 Å². The summed E-state index contributed by atoms with van der Waals surface area (Å²) in [4.78, 5) is 13.2. The maximum Gasteiger partial charge on any atom is 0.354 e. The SMILES string of the molecule is COC(=O)/C(C#N)=C1/OC(c2c(Cl)cccc2Cl)CN1C. The van der Waals surface area contributed by atoms with E-state index in [1.807, 2.05) is 0 Å². The first-order chi connectivity index (χ1) is 9.99. The molecule has 1 atom stereocenters. The second-order valence-electron chi connectivity index (χ2n) is 4.41. The number of carbonyl (C=O) groups excluding carboxylic acids is 1. The lowest BCUT2D eigenvalue weighted by Crippen LogP contribution is -2.17. The largest absolute Gasteiger partial charge is 0.468 e. The van der Waals surface area contributed by atoms with Crippen molar-refractivity contribution < 1.29 is 14.3 Å². The smallest absolute Gasteiger partial charge is 0.354 e. The van der Waals surface area contributed by atoms with Crippen LogP contribution in [0.15, 0.2) is 29.7 Å². The quantitative estimate of drug-likeness (QED) is 0.475. The van der Waals surface area contributed by atoms with Crippen molar-refractivity contribution in [2.24, 2.45) is 0 Å². The lowest BCUT2D eigenvalue weighted by atomic mass is 10.1. The van der Waals surface area contributed by atoms with E-state index in [9.17, 15) is 4.79 Å². The molecule has 1 unspecified atom stereocenters. The number of hydrogen-bond acceptors (Lipinski definition) is 5. The van der Waals surface area contributed by atoms with Crippen LogP contribution in [0.5, 0.6) is 0 Å². The average molecular weight is 327 g/mol. The molecule has 21 heavy (non-hydrogen) atoms. The first-order valence-corrected chi connectivity index (χ1v) is 6.79. The minimum atomic E-state index is -0.745. The van der Waals surface area contributed by atoms with E-state index in [1.54, 1.807) is 36.2 Å². The number of methoxy groups -OCH3 is 1. The fourth-order valence-corrected chi connectivity index (χ4v) is 2.74. The van der Waals surface area contributed by atoms with Crippen LogP contribution in [-0.2, 0) is 14.3 Å². The molecular weight excluding hydrogens is 315 g/mol. The molecule has 1 aromatic rings. The Morgan fingerprint density at radius 2 is 2.10 bits per heavy atom. The van der Waals surface area contributed by atoms with E-state index in [-0.39, 0.29) is 11.5 Å². The summed E-state index contributed by atoms with van der Waals surface area (Å²) in [6.07, 6.45) is -0.459. The zero-order valence-electron chi connectivity index (χ0n) is 11.4. The minimum absolute atomic E-state index is 0.158. The number of hydrogen-bond donors (Lipinski definition) is 0. The third-order valence-electron chi connectivity index (χ3n) is 3.08. The van der Waals surface area contributed by atoms with E-state index in [2.05, 4.69) is 4.74 Å². The van der Waals surface area contributed by atoms with E-state index in [0.29, 0.717) is 22.2 Å². The number of rotatable bonds is 2. The molecule has 110 valence electrons. The highest BCUT2D eigenvalue weighted by Crippen LogP contribution is 2.38. The molecule has 1 fully saturated rings. The maximum absolute atomic E-state index is 11.6. The Hall–Kier alpha value is -1.90. The molecule has 0 saturated carbocycles. The molecule has 1 aliphatic rings. The van der Waals surface area contributed by atoms with Crippen LogP contribution in [-0.4, -0.2) is 31.6 Å². The van der Waals surface area contributed by atoms with Gasteiger partial charge in [-0.05, 0) is 12.1 Å². The van der Waals surface area contributed by atoms with Gasteiger partial charge in [-0.25, -0.2) is 4.79 Å². The number of nitrogens with zero attached hydrogens (tertiary/aromatic N) is 2. The third kappa shape index (κ3) is 2.92. The number of carbonyl (C=O) groups is 1. The molecule has 0 N–H and O–H groups in total. The van der Waals surface area contributed by atoms with Gasteiger partial charge in [-0.2, -0.15) is 5.26 Å². The van der Waals surface area contributed by atoms with Crippen molar-refractivity contribution in [3.8, 4) is 6.07 Å². The summed E-state index contributed by atoms with van der Waals surface area (Å²) in [6.45, 7) is 0.418. The number of esters is 1. The molecular formula is C14H12Cl2N2O3. The van der Waals surface area contributed by atoms with E-state index < -0.39 is 12.1 Å². The van der Waals surface area contributed by atoms with E-state index in [1.165, 1.54) is 7.11 Å². The van der Waals surface area contributed by atoms with Crippen molar-refractivity contribution in [1.29, 1.82) is 5.26 Å². The van der Waals surface area contributed by atoms with Crippen molar-refractivity contribution in [2.75, 3.05) is 20.7 Å². The van der Waals surface area contributed by atoms with Crippen molar-refractivity contribution in [2.45, 2.75) is 6.10 Å². The fourth-order valence-electron chi connectivity index (χ4n) is 2.09. The van der Waals surface area contributed by atoms with Gasteiger partial charge in [-0.15, -0.1) is 0 Å². The van der Waals surface area contributed by atoms with Crippen LogP contribution in [0.3, 0.4) is 0 Å². The zero-order valence-corrected chi connectivity index (χ0v) is 12.9. The maximum atomic E-state index is 11.6. The molecule has 0 aliphatic carbocycles. The van der Waals surface area contributed by atoms with Gasteiger partial charge in [0.1, 0.15) is 12.2 Å². The van der Waals surface area contributed by atoms with Gasteiger partial charge in [-0.3, -0.25) is 0 Å². The molecule has 7 heteroatoms. The van der Waals surface area contributed by atoms with Crippen LogP contribution in [0.1, 0.15) is 11.7 Å². The van der Waals surface area contributed by atoms with E-state index in [4.69, 9.17) is 33.2 Å². The molecule has 1 aromatic carbocycles. The Morgan fingerprint density at radius 1 is 1.48 bits per heavy atom. The summed E-state index contributed by atoms with van der Waals surface area (Å²) in [5.41, 5.74) is 0.440. The fraction of sp³-hybridized carbons (Fsp3) is 0.286. The monoisotopic (exact) mass is 326 g/mol. The molecule has 0 aromatic heterocycles.